The first kappa shape index (κ1) is 16.3. The molecule has 0 bridgehead atoms. The highest BCUT2D eigenvalue weighted by atomic mass is 35.5. The minimum Gasteiger partial charge on any atom is -0.461 e. The summed E-state index contributed by atoms with van der Waals surface area (Å²) in [6.07, 6.45) is 3.85. The number of halogens is 1. The molecule has 0 unspecified atom stereocenters. The number of fused-ring (bicyclic) bond motifs is 1. The minimum absolute atomic E-state index is 0.180. The van der Waals surface area contributed by atoms with Gasteiger partial charge in [0.05, 0.1) is 0 Å². The molecule has 0 aliphatic rings. The molecule has 0 amide bonds. The van der Waals surface area contributed by atoms with Gasteiger partial charge in [-0.2, -0.15) is 10.1 Å². The summed E-state index contributed by atoms with van der Waals surface area (Å²) < 4.78 is 6.95. The van der Waals surface area contributed by atoms with E-state index in [0.29, 0.717) is 17.4 Å². The molecule has 124 valence electrons. The van der Waals surface area contributed by atoms with Crippen molar-refractivity contribution in [3.8, 4) is 0 Å². The number of esters is 1. The monoisotopic (exact) mass is 345 g/mol. The van der Waals surface area contributed by atoms with Crippen molar-refractivity contribution in [1.29, 1.82) is 0 Å². The van der Waals surface area contributed by atoms with Gasteiger partial charge in [0.2, 0.25) is 0 Å². The molecule has 3 aromatic heterocycles. The molecule has 0 atom stereocenters. The largest absolute Gasteiger partial charge is 0.461 e. The Balaban J connectivity index is 1.62. The molecule has 3 rings (SSSR count). The summed E-state index contributed by atoms with van der Waals surface area (Å²) in [5.41, 5.74) is 3.57. The van der Waals surface area contributed by atoms with Crippen LogP contribution >= 0.6 is 11.6 Å². The maximum Gasteiger partial charge on any atom is 0.306 e. The molecule has 0 aromatic carbocycles. The molecule has 0 saturated carbocycles. The van der Waals surface area contributed by atoms with E-state index in [1.807, 2.05) is 13.8 Å². The Morgan fingerprint density at radius 3 is 2.96 bits per heavy atom. The van der Waals surface area contributed by atoms with Crippen molar-refractivity contribution in [2.75, 3.05) is 0 Å². The first-order valence-corrected chi connectivity index (χ1v) is 7.84. The molecule has 0 aliphatic carbocycles. The summed E-state index contributed by atoms with van der Waals surface area (Å²) in [6.45, 7) is 4.02. The summed E-state index contributed by atoms with van der Waals surface area (Å²) in [6, 6.07) is 3.43. The fourth-order valence-electron chi connectivity index (χ4n) is 2.51. The number of hydrogen-bond donors (Lipinski definition) is 0. The van der Waals surface area contributed by atoms with Crippen molar-refractivity contribution in [3.05, 3.63) is 52.3 Å². The van der Waals surface area contributed by atoms with E-state index < -0.39 is 0 Å². The van der Waals surface area contributed by atoms with Gasteiger partial charge in [0, 0.05) is 24.0 Å². The van der Waals surface area contributed by atoms with Crippen LogP contribution in [0.4, 0.5) is 0 Å². The molecular formula is C16H16ClN5O2. The van der Waals surface area contributed by atoms with Crippen molar-refractivity contribution in [2.45, 2.75) is 33.3 Å². The first-order valence-electron chi connectivity index (χ1n) is 7.46. The van der Waals surface area contributed by atoms with Crippen LogP contribution in [-0.4, -0.2) is 30.5 Å². The second-order valence-electron chi connectivity index (χ2n) is 5.38. The van der Waals surface area contributed by atoms with E-state index >= 15 is 0 Å². The summed E-state index contributed by atoms with van der Waals surface area (Å²) >= 11 is 5.80. The second-order valence-corrected chi connectivity index (χ2v) is 5.77. The second kappa shape index (κ2) is 6.92. The van der Waals surface area contributed by atoms with E-state index in [1.165, 1.54) is 6.33 Å². The van der Waals surface area contributed by atoms with Gasteiger partial charge in [-0.3, -0.25) is 4.79 Å². The molecule has 0 N–H and O–H groups in total. The molecule has 3 heterocycles. The van der Waals surface area contributed by atoms with Crippen molar-refractivity contribution in [1.82, 2.24) is 24.6 Å². The van der Waals surface area contributed by atoms with Crippen LogP contribution in [0, 0.1) is 13.8 Å². The van der Waals surface area contributed by atoms with Gasteiger partial charge in [-0.15, -0.1) is 0 Å². The lowest BCUT2D eigenvalue weighted by Gasteiger charge is -2.10. The maximum atomic E-state index is 12.0. The number of aryl methyl sites for hydroxylation is 2. The van der Waals surface area contributed by atoms with Crippen LogP contribution in [0.2, 0.25) is 5.15 Å². The smallest absolute Gasteiger partial charge is 0.306 e. The predicted octanol–water partition coefficient (Wildman–Crippen LogP) is 2.47. The zero-order valence-electron chi connectivity index (χ0n) is 13.4. The molecule has 0 saturated heterocycles. The van der Waals surface area contributed by atoms with E-state index in [0.717, 1.165) is 22.5 Å². The minimum atomic E-state index is -0.277. The highest BCUT2D eigenvalue weighted by Gasteiger charge is 2.13. The van der Waals surface area contributed by atoms with E-state index in [-0.39, 0.29) is 19.0 Å². The van der Waals surface area contributed by atoms with Crippen LogP contribution in [0.3, 0.4) is 0 Å². The third-order valence-electron chi connectivity index (χ3n) is 3.76. The zero-order valence-corrected chi connectivity index (χ0v) is 14.1. The van der Waals surface area contributed by atoms with Crippen molar-refractivity contribution in [2.24, 2.45) is 0 Å². The fraction of sp³-hybridized carbons (Fsp3) is 0.312. The normalized spacial score (nSPS) is 11.0. The van der Waals surface area contributed by atoms with E-state index in [2.05, 4.69) is 20.1 Å². The van der Waals surface area contributed by atoms with Gasteiger partial charge in [-0.05, 0) is 43.5 Å². The maximum absolute atomic E-state index is 12.0. The third-order valence-corrected chi connectivity index (χ3v) is 3.97. The highest BCUT2D eigenvalue weighted by Crippen LogP contribution is 2.15. The molecular weight excluding hydrogens is 330 g/mol. The van der Waals surface area contributed by atoms with Crippen LogP contribution in [0.5, 0.6) is 0 Å². The number of carbonyl (C=O) groups excluding carboxylic acids is 1. The molecule has 7 nitrogen and oxygen atoms in total. The molecule has 0 aliphatic heterocycles. The van der Waals surface area contributed by atoms with Gasteiger partial charge in [-0.1, -0.05) is 11.6 Å². The van der Waals surface area contributed by atoms with Crippen molar-refractivity contribution < 1.29 is 9.53 Å². The van der Waals surface area contributed by atoms with Gasteiger partial charge in [-0.25, -0.2) is 14.5 Å². The Kier molecular flexibility index (Phi) is 4.71. The Labute approximate surface area is 143 Å². The lowest BCUT2D eigenvalue weighted by atomic mass is 10.1. The number of aromatic nitrogens is 5. The van der Waals surface area contributed by atoms with Crippen LogP contribution in [0.1, 0.15) is 28.9 Å². The first-order chi connectivity index (χ1) is 11.5. The summed E-state index contributed by atoms with van der Waals surface area (Å²) in [4.78, 5) is 24.3. The molecule has 8 heteroatoms. The van der Waals surface area contributed by atoms with Gasteiger partial charge in [0.1, 0.15) is 18.1 Å². The average molecular weight is 346 g/mol. The van der Waals surface area contributed by atoms with E-state index in [9.17, 15) is 4.79 Å². The zero-order chi connectivity index (χ0) is 17.1. The van der Waals surface area contributed by atoms with E-state index in [4.69, 9.17) is 16.3 Å². The summed E-state index contributed by atoms with van der Waals surface area (Å²) in [5, 5.41) is 4.52. The predicted molar refractivity (Wildman–Crippen MR) is 87.6 cm³/mol. The Hall–Kier alpha value is -2.54. The molecule has 0 fully saturated rings. The van der Waals surface area contributed by atoms with Crippen LogP contribution in [0.25, 0.3) is 5.78 Å². The Morgan fingerprint density at radius 1 is 1.33 bits per heavy atom. The average Bonchev–Trinajstić information content (AvgIpc) is 3.01. The molecule has 0 radical (unpaired) electrons. The highest BCUT2D eigenvalue weighted by molar-refractivity contribution is 6.29. The Morgan fingerprint density at radius 2 is 2.17 bits per heavy atom. The van der Waals surface area contributed by atoms with Crippen molar-refractivity contribution in [3.63, 3.8) is 0 Å². The quantitative estimate of drug-likeness (QED) is 0.522. The molecule has 24 heavy (non-hydrogen) atoms. The van der Waals surface area contributed by atoms with Gasteiger partial charge >= 0.3 is 5.97 Å². The number of nitrogens with zero attached hydrogens (tertiary/aromatic N) is 5. The standard InChI is InChI=1S/C16H16ClN5O2/c1-10-13(11(2)22-16(21-10)19-9-20-22)3-4-15(23)24-8-12-5-6-18-14(17)7-12/h5-7,9H,3-4,8H2,1-2H3. The van der Waals surface area contributed by atoms with Crippen molar-refractivity contribution >= 4 is 23.3 Å². The van der Waals surface area contributed by atoms with Crippen LogP contribution in [-0.2, 0) is 22.6 Å². The van der Waals surface area contributed by atoms with Gasteiger partial charge < -0.3 is 4.74 Å². The lowest BCUT2D eigenvalue weighted by molar-refractivity contribution is -0.144. The van der Waals surface area contributed by atoms with Gasteiger partial charge in [0.25, 0.3) is 5.78 Å². The number of carbonyl (C=O) groups is 1. The number of ether oxygens (including phenoxy) is 1. The number of rotatable bonds is 5. The lowest BCUT2D eigenvalue weighted by Crippen LogP contribution is -2.10. The van der Waals surface area contributed by atoms with E-state index in [1.54, 1.807) is 22.8 Å². The SMILES string of the molecule is Cc1nc2ncnn2c(C)c1CCC(=O)OCc1ccnc(Cl)c1. The number of hydrogen-bond acceptors (Lipinski definition) is 6. The van der Waals surface area contributed by atoms with Crippen LogP contribution in [0.15, 0.2) is 24.7 Å². The summed E-state index contributed by atoms with van der Waals surface area (Å²) in [7, 11) is 0. The Bertz CT molecular complexity index is 893. The third kappa shape index (κ3) is 3.51. The molecule has 0 spiro atoms. The number of pyridine rings is 1. The molecule has 3 aromatic rings. The van der Waals surface area contributed by atoms with Crippen LogP contribution < -0.4 is 0 Å². The topological polar surface area (TPSA) is 82.3 Å². The van der Waals surface area contributed by atoms with Gasteiger partial charge in [0.15, 0.2) is 0 Å². The summed E-state index contributed by atoms with van der Waals surface area (Å²) in [5.74, 6) is 0.284. The fourth-order valence-corrected chi connectivity index (χ4v) is 2.71.